The number of nitrogens with one attached hydrogen (secondary N) is 1. The van der Waals surface area contributed by atoms with Crippen LogP contribution in [0.4, 0.5) is 0 Å². The van der Waals surface area contributed by atoms with E-state index in [1.807, 2.05) is 18.2 Å². The zero-order valence-electron chi connectivity index (χ0n) is 12.7. The Morgan fingerprint density at radius 3 is 2.78 bits per heavy atom. The number of ether oxygens (including phenoxy) is 1. The number of nitrogens with zero attached hydrogens (tertiary/aromatic N) is 1. The molecule has 0 aliphatic carbocycles. The van der Waals surface area contributed by atoms with E-state index in [2.05, 4.69) is 10.2 Å². The summed E-state index contributed by atoms with van der Waals surface area (Å²) in [6.45, 7) is 3.29. The molecule has 5 rings (SSSR count). The zero-order chi connectivity index (χ0) is 15.1. The number of furan rings is 1. The van der Waals surface area contributed by atoms with Gasteiger partial charge in [-0.15, -0.1) is 0 Å². The number of hydrogen-bond acceptors (Lipinski definition) is 4. The largest absolute Gasteiger partial charge is 0.493 e. The first-order valence-corrected chi connectivity index (χ1v) is 7.84. The highest BCUT2D eigenvalue weighted by atomic mass is 16.5. The Kier molecular flexibility index (Phi) is 4.31. The Labute approximate surface area is 136 Å². The third-order valence-electron chi connectivity index (χ3n) is 4.92. The number of amides is 1. The van der Waals surface area contributed by atoms with Gasteiger partial charge in [0.15, 0.2) is 17.1 Å². The van der Waals surface area contributed by atoms with Crippen LogP contribution in [0.2, 0.25) is 0 Å². The molecule has 0 spiro atoms. The second-order valence-corrected chi connectivity index (χ2v) is 6.21. The molecule has 1 N–H and O–H groups in total. The van der Waals surface area contributed by atoms with Crippen molar-refractivity contribution in [2.45, 2.75) is 26.3 Å². The number of fused-ring (bicyclic) bond motifs is 4. The molecule has 3 aliphatic rings. The highest BCUT2D eigenvalue weighted by Gasteiger charge is 2.35. The second kappa shape index (κ2) is 6.24. The van der Waals surface area contributed by atoms with E-state index in [1.54, 1.807) is 13.2 Å². The molecular formula is C18H24N2O3. The monoisotopic (exact) mass is 316 g/mol. The fourth-order valence-electron chi connectivity index (χ4n) is 3.68. The van der Waals surface area contributed by atoms with Crippen molar-refractivity contribution >= 4 is 16.9 Å². The summed E-state index contributed by atoms with van der Waals surface area (Å²) in [5.41, 5.74) is 0.629. The number of carbonyl (C=O) groups is 1. The molecule has 5 nitrogen and oxygen atoms in total. The molecule has 2 aromatic rings. The third kappa shape index (κ3) is 2.81. The van der Waals surface area contributed by atoms with Gasteiger partial charge >= 0.3 is 0 Å². The van der Waals surface area contributed by atoms with Crippen molar-refractivity contribution in [1.29, 1.82) is 0 Å². The molecule has 1 aromatic carbocycles. The van der Waals surface area contributed by atoms with E-state index in [0.717, 1.165) is 11.9 Å². The average molecular weight is 316 g/mol. The number of piperidine rings is 3. The molecule has 124 valence electrons. The molecule has 4 heterocycles. The normalized spacial score (nSPS) is 25.9. The van der Waals surface area contributed by atoms with Crippen LogP contribution in [0, 0.1) is 5.92 Å². The Balaban J connectivity index is 0.00000156. The Morgan fingerprint density at radius 2 is 2.13 bits per heavy atom. The molecule has 0 saturated carbocycles. The maximum Gasteiger partial charge on any atom is 0.287 e. The number of methoxy groups -OCH3 is 1. The van der Waals surface area contributed by atoms with Crippen molar-refractivity contribution < 1.29 is 13.9 Å². The summed E-state index contributed by atoms with van der Waals surface area (Å²) in [7, 11) is 1.60. The summed E-state index contributed by atoms with van der Waals surface area (Å²) < 4.78 is 11.0. The SMILES string of the molecule is C.COc1cccc2cc(C(=O)N[C@@H]3CN4CCC3CC4)oc12. The summed E-state index contributed by atoms with van der Waals surface area (Å²) in [6, 6.07) is 7.68. The van der Waals surface area contributed by atoms with Gasteiger partial charge in [-0.05, 0) is 44.0 Å². The van der Waals surface area contributed by atoms with Crippen LogP contribution in [0.3, 0.4) is 0 Å². The van der Waals surface area contributed by atoms with Crippen LogP contribution in [-0.2, 0) is 0 Å². The summed E-state index contributed by atoms with van der Waals surface area (Å²) in [5.74, 6) is 1.49. The van der Waals surface area contributed by atoms with Crippen molar-refractivity contribution in [1.82, 2.24) is 10.2 Å². The van der Waals surface area contributed by atoms with Gasteiger partial charge < -0.3 is 19.4 Å². The lowest BCUT2D eigenvalue weighted by atomic mass is 9.84. The molecular weight excluding hydrogens is 292 g/mol. The Bertz CT molecular complexity index is 701. The maximum atomic E-state index is 12.5. The quantitative estimate of drug-likeness (QED) is 0.946. The molecule has 5 heteroatoms. The van der Waals surface area contributed by atoms with Crippen LogP contribution in [0.5, 0.6) is 5.75 Å². The Morgan fingerprint density at radius 1 is 1.35 bits per heavy atom. The molecule has 3 aliphatic heterocycles. The van der Waals surface area contributed by atoms with Gasteiger partial charge in [-0.25, -0.2) is 0 Å². The molecule has 2 bridgehead atoms. The predicted octanol–water partition coefficient (Wildman–Crippen LogP) is 2.90. The summed E-state index contributed by atoms with van der Waals surface area (Å²) >= 11 is 0. The van der Waals surface area contributed by atoms with Crippen LogP contribution < -0.4 is 10.1 Å². The molecule has 3 saturated heterocycles. The van der Waals surface area contributed by atoms with Gasteiger partial charge in [-0.3, -0.25) is 4.79 Å². The smallest absolute Gasteiger partial charge is 0.287 e. The molecule has 0 unspecified atom stereocenters. The number of carbonyl (C=O) groups excluding carboxylic acids is 1. The first-order chi connectivity index (χ1) is 10.7. The minimum Gasteiger partial charge on any atom is -0.493 e. The zero-order valence-corrected chi connectivity index (χ0v) is 12.7. The Hall–Kier alpha value is -2.01. The second-order valence-electron chi connectivity index (χ2n) is 6.21. The van der Waals surface area contributed by atoms with Gasteiger partial charge in [-0.1, -0.05) is 19.6 Å². The summed E-state index contributed by atoms with van der Waals surface area (Å²) in [6.07, 6.45) is 2.36. The molecule has 1 amide bonds. The van der Waals surface area contributed by atoms with Crippen LogP contribution in [0.15, 0.2) is 28.7 Å². The highest BCUT2D eigenvalue weighted by Crippen LogP contribution is 2.30. The molecule has 1 aromatic heterocycles. The fraction of sp³-hybridized carbons (Fsp3) is 0.500. The van der Waals surface area contributed by atoms with Gasteiger partial charge in [0.2, 0.25) is 0 Å². The standard InChI is InChI=1S/C17H20N2O3.CH4/c1-21-14-4-2-3-12-9-15(22-16(12)14)17(20)18-13-10-19-7-5-11(13)6-8-19;/h2-4,9,11,13H,5-8,10H2,1H3,(H,18,20);1H4/t13-;/m1./s1. The van der Waals surface area contributed by atoms with Gasteiger partial charge in [-0.2, -0.15) is 0 Å². The van der Waals surface area contributed by atoms with Crippen LogP contribution in [-0.4, -0.2) is 43.6 Å². The first-order valence-electron chi connectivity index (χ1n) is 7.84. The van der Waals surface area contributed by atoms with Crippen molar-refractivity contribution in [3.05, 3.63) is 30.0 Å². The lowest BCUT2D eigenvalue weighted by Gasteiger charge is -2.44. The van der Waals surface area contributed by atoms with Crippen LogP contribution in [0.25, 0.3) is 11.0 Å². The van der Waals surface area contributed by atoms with E-state index >= 15 is 0 Å². The topological polar surface area (TPSA) is 54.7 Å². The highest BCUT2D eigenvalue weighted by molar-refractivity contribution is 5.97. The van der Waals surface area contributed by atoms with Gasteiger partial charge in [0.1, 0.15) is 0 Å². The van der Waals surface area contributed by atoms with Crippen molar-refractivity contribution in [2.75, 3.05) is 26.7 Å². The van der Waals surface area contributed by atoms with Gasteiger partial charge in [0.25, 0.3) is 5.91 Å². The van der Waals surface area contributed by atoms with Crippen LogP contribution >= 0.6 is 0 Å². The van der Waals surface area contributed by atoms with E-state index in [-0.39, 0.29) is 19.4 Å². The molecule has 3 fully saturated rings. The molecule has 0 radical (unpaired) electrons. The van der Waals surface area contributed by atoms with Gasteiger partial charge in [0.05, 0.1) is 7.11 Å². The lowest BCUT2D eigenvalue weighted by molar-refractivity contribution is 0.0607. The fourth-order valence-corrected chi connectivity index (χ4v) is 3.68. The predicted molar refractivity (Wildman–Crippen MR) is 89.9 cm³/mol. The summed E-state index contributed by atoms with van der Waals surface area (Å²) in [4.78, 5) is 14.9. The maximum absolute atomic E-state index is 12.5. The van der Waals surface area contributed by atoms with Crippen molar-refractivity contribution in [2.24, 2.45) is 5.92 Å². The first kappa shape index (κ1) is 15.9. The van der Waals surface area contributed by atoms with E-state index in [1.165, 1.54) is 25.9 Å². The van der Waals surface area contributed by atoms with E-state index in [4.69, 9.17) is 9.15 Å². The van der Waals surface area contributed by atoms with Crippen molar-refractivity contribution in [3.63, 3.8) is 0 Å². The van der Waals surface area contributed by atoms with Crippen molar-refractivity contribution in [3.8, 4) is 5.75 Å². The van der Waals surface area contributed by atoms with E-state index in [9.17, 15) is 4.79 Å². The molecule has 1 atom stereocenters. The number of rotatable bonds is 3. The van der Waals surface area contributed by atoms with E-state index < -0.39 is 0 Å². The molecule has 23 heavy (non-hydrogen) atoms. The third-order valence-corrected chi connectivity index (χ3v) is 4.92. The van der Waals surface area contributed by atoms with E-state index in [0.29, 0.717) is 23.0 Å². The lowest BCUT2D eigenvalue weighted by Crippen LogP contribution is -2.57. The number of hydrogen-bond donors (Lipinski definition) is 1. The number of para-hydroxylation sites is 1. The number of benzene rings is 1. The average Bonchev–Trinajstić information content (AvgIpc) is 3.00. The minimum absolute atomic E-state index is 0. The van der Waals surface area contributed by atoms with Crippen LogP contribution in [0.1, 0.15) is 30.8 Å². The minimum atomic E-state index is -0.128. The van der Waals surface area contributed by atoms with Gasteiger partial charge in [0, 0.05) is 18.0 Å². The summed E-state index contributed by atoms with van der Waals surface area (Å²) in [5, 5.41) is 4.04.